The number of carbonyl (C=O) groups is 1. The second-order valence-corrected chi connectivity index (χ2v) is 4.14. The summed E-state index contributed by atoms with van der Waals surface area (Å²) in [5.41, 5.74) is 7.69. The summed E-state index contributed by atoms with van der Waals surface area (Å²) in [6, 6.07) is 1.78. The molecule has 0 aliphatic heterocycles. The van der Waals surface area contributed by atoms with Gasteiger partial charge in [0, 0.05) is 10.4 Å². The number of furan rings is 1. The highest BCUT2D eigenvalue weighted by atomic mass is 32.1. The zero-order chi connectivity index (χ0) is 11.0. The van der Waals surface area contributed by atoms with Crippen molar-refractivity contribution in [2.45, 2.75) is 6.92 Å². The van der Waals surface area contributed by atoms with Gasteiger partial charge in [0.15, 0.2) is 0 Å². The van der Waals surface area contributed by atoms with E-state index in [0.29, 0.717) is 5.69 Å². The third kappa shape index (κ3) is 1.50. The lowest BCUT2D eigenvalue weighted by Crippen LogP contribution is -1.97. The largest absolute Gasteiger partial charge is 0.477 e. The Morgan fingerprint density at radius 2 is 2.33 bits per heavy atom. The molecule has 3 N–H and O–H groups in total. The summed E-state index contributed by atoms with van der Waals surface area (Å²) in [6.07, 6.45) is 3.12. The van der Waals surface area contributed by atoms with Gasteiger partial charge in [0.1, 0.15) is 4.88 Å². The third-order valence-corrected chi connectivity index (χ3v) is 3.52. The minimum Gasteiger partial charge on any atom is -0.477 e. The number of aromatic carboxylic acids is 1. The van der Waals surface area contributed by atoms with Gasteiger partial charge in [-0.3, -0.25) is 0 Å². The summed E-state index contributed by atoms with van der Waals surface area (Å²) in [6.45, 7) is 1.81. The van der Waals surface area contributed by atoms with Gasteiger partial charge >= 0.3 is 5.97 Å². The van der Waals surface area contributed by atoms with E-state index < -0.39 is 5.97 Å². The van der Waals surface area contributed by atoms with Crippen LogP contribution in [0.2, 0.25) is 0 Å². The highest BCUT2D eigenvalue weighted by Gasteiger charge is 2.18. The Labute approximate surface area is 89.9 Å². The maximum atomic E-state index is 10.9. The molecule has 0 saturated carbocycles. The van der Waals surface area contributed by atoms with E-state index >= 15 is 0 Å². The normalized spacial score (nSPS) is 10.5. The van der Waals surface area contributed by atoms with Crippen molar-refractivity contribution in [1.82, 2.24) is 0 Å². The van der Waals surface area contributed by atoms with Crippen molar-refractivity contribution >= 4 is 23.0 Å². The van der Waals surface area contributed by atoms with Gasteiger partial charge in [0.2, 0.25) is 0 Å². The molecular formula is C10H9NO3S. The average molecular weight is 223 g/mol. The molecule has 0 aliphatic carbocycles. The Hall–Kier alpha value is -1.75. The van der Waals surface area contributed by atoms with Crippen LogP contribution in [0.5, 0.6) is 0 Å². The standard InChI is InChI=1S/C10H9NO3S/c1-5-7(11)9(10(12)13)15-8(5)6-2-3-14-4-6/h2-4H,11H2,1H3,(H,12,13). The number of nitrogen functional groups attached to an aromatic ring is 1. The molecule has 0 aromatic carbocycles. The molecule has 0 aliphatic rings. The lowest BCUT2D eigenvalue weighted by atomic mass is 10.1. The van der Waals surface area contributed by atoms with E-state index in [9.17, 15) is 4.79 Å². The number of nitrogens with two attached hydrogens (primary N) is 1. The number of rotatable bonds is 2. The first-order chi connectivity index (χ1) is 7.11. The first kappa shape index (κ1) is 9.79. The molecule has 2 rings (SSSR count). The van der Waals surface area contributed by atoms with Gasteiger partial charge in [-0.2, -0.15) is 0 Å². The molecule has 15 heavy (non-hydrogen) atoms. The van der Waals surface area contributed by atoms with Crippen molar-refractivity contribution in [2.24, 2.45) is 0 Å². The van der Waals surface area contributed by atoms with Gasteiger partial charge in [-0.1, -0.05) is 0 Å². The maximum Gasteiger partial charge on any atom is 0.348 e. The molecule has 0 unspecified atom stereocenters. The number of anilines is 1. The Bertz CT molecular complexity index is 499. The van der Waals surface area contributed by atoms with Crippen LogP contribution in [0.25, 0.3) is 10.4 Å². The first-order valence-corrected chi connectivity index (χ1v) is 5.07. The number of hydrogen-bond acceptors (Lipinski definition) is 4. The molecule has 78 valence electrons. The number of thiophene rings is 1. The predicted octanol–water partition coefficient (Wildman–Crippen LogP) is 2.60. The van der Waals surface area contributed by atoms with Gasteiger partial charge in [-0.05, 0) is 18.6 Å². The van der Waals surface area contributed by atoms with Gasteiger partial charge < -0.3 is 15.3 Å². The zero-order valence-electron chi connectivity index (χ0n) is 7.98. The number of hydrogen-bond donors (Lipinski definition) is 2. The minimum atomic E-state index is -0.990. The van der Waals surface area contributed by atoms with Crippen LogP contribution in [0.1, 0.15) is 15.2 Å². The van der Waals surface area contributed by atoms with E-state index in [2.05, 4.69) is 0 Å². The van der Waals surface area contributed by atoms with Crippen molar-refractivity contribution in [2.75, 3.05) is 5.73 Å². The molecule has 0 radical (unpaired) electrons. The number of carboxylic acid groups (broad SMARTS) is 1. The van der Waals surface area contributed by atoms with Gasteiger partial charge in [0.25, 0.3) is 0 Å². The molecule has 5 heteroatoms. The number of carboxylic acids is 1. The Morgan fingerprint density at radius 3 is 2.80 bits per heavy atom. The zero-order valence-corrected chi connectivity index (χ0v) is 8.80. The monoisotopic (exact) mass is 223 g/mol. The lowest BCUT2D eigenvalue weighted by molar-refractivity contribution is 0.0703. The SMILES string of the molecule is Cc1c(-c2ccoc2)sc(C(=O)O)c1N. The summed E-state index contributed by atoms with van der Waals surface area (Å²) < 4.78 is 4.95. The summed E-state index contributed by atoms with van der Waals surface area (Å²) in [4.78, 5) is 11.9. The molecule has 0 fully saturated rings. The molecule has 2 aromatic heterocycles. The van der Waals surface area contributed by atoms with Crippen molar-refractivity contribution in [3.63, 3.8) is 0 Å². The molecule has 0 saturated heterocycles. The molecule has 0 amide bonds. The third-order valence-electron chi connectivity index (χ3n) is 2.17. The summed E-state index contributed by atoms with van der Waals surface area (Å²) in [5.74, 6) is -0.990. The Balaban J connectivity index is 2.60. The predicted molar refractivity (Wildman–Crippen MR) is 58.1 cm³/mol. The highest BCUT2D eigenvalue weighted by molar-refractivity contribution is 7.18. The molecule has 0 bridgehead atoms. The van der Waals surface area contributed by atoms with Crippen molar-refractivity contribution in [3.05, 3.63) is 29.0 Å². The smallest absolute Gasteiger partial charge is 0.348 e. The van der Waals surface area contributed by atoms with E-state index in [0.717, 1.165) is 16.0 Å². The molecule has 2 heterocycles. The fraction of sp³-hybridized carbons (Fsp3) is 0.100. The molecule has 0 atom stereocenters. The van der Waals surface area contributed by atoms with Crippen molar-refractivity contribution in [3.8, 4) is 10.4 Å². The van der Waals surface area contributed by atoms with Crippen molar-refractivity contribution < 1.29 is 14.3 Å². The Morgan fingerprint density at radius 1 is 1.60 bits per heavy atom. The molecule has 4 nitrogen and oxygen atoms in total. The second-order valence-electron chi connectivity index (χ2n) is 3.12. The van der Waals surface area contributed by atoms with E-state index in [1.807, 2.05) is 0 Å². The van der Waals surface area contributed by atoms with Gasteiger partial charge in [-0.15, -0.1) is 11.3 Å². The molecule has 2 aromatic rings. The maximum absolute atomic E-state index is 10.9. The van der Waals surface area contributed by atoms with Crippen LogP contribution in [0.4, 0.5) is 5.69 Å². The van der Waals surface area contributed by atoms with E-state index in [1.165, 1.54) is 11.3 Å². The quantitative estimate of drug-likeness (QED) is 0.820. The van der Waals surface area contributed by atoms with Crippen LogP contribution in [-0.4, -0.2) is 11.1 Å². The lowest BCUT2D eigenvalue weighted by Gasteiger charge is -1.94. The molecule has 0 spiro atoms. The van der Waals surface area contributed by atoms with Crippen LogP contribution in [0.15, 0.2) is 23.0 Å². The van der Waals surface area contributed by atoms with E-state index in [-0.39, 0.29) is 4.88 Å². The Kier molecular flexibility index (Phi) is 2.24. The van der Waals surface area contributed by atoms with E-state index in [4.69, 9.17) is 15.3 Å². The second kappa shape index (κ2) is 3.43. The topological polar surface area (TPSA) is 76.5 Å². The summed E-state index contributed by atoms with van der Waals surface area (Å²) >= 11 is 1.17. The van der Waals surface area contributed by atoms with Crippen LogP contribution in [0, 0.1) is 6.92 Å². The van der Waals surface area contributed by atoms with Crippen molar-refractivity contribution in [1.29, 1.82) is 0 Å². The first-order valence-electron chi connectivity index (χ1n) is 4.26. The van der Waals surface area contributed by atoms with Gasteiger partial charge in [0.05, 0.1) is 18.2 Å². The summed E-state index contributed by atoms with van der Waals surface area (Å²) in [7, 11) is 0. The van der Waals surface area contributed by atoms with Crippen LogP contribution < -0.4 is 5.73 Å². The molecular weight excluding hydrogens is 214 g/mol. The van der Waals surface area contributed by atoms with E-state index in [1.54, 1.807) is 25.5 Å². The van der Waals surface area contributed by atoms with Gasteiger partial charge in [-0.25, -0.2) is 4.79 Å². The van der Waals surface area contributed by atoms with Crippen LogP contribution in [-0.2, 0) is 0 Å². The average Bonchev–Trinajstić information content (AvgIpc) is 2.77. The fourth-order valence-corrected chi connectivity index (χ4v) is 2.41. The highest BCUT2D eigenvalue weighted by Crippen LogP contribution is 2.38. The fourth-order valence-electron chi connectivity index (χ4n) is 1.35. The van der Waals surface area contributed by atoms with Crippen LogP contribution >= 0.6 is 11.3 Å². The van der Waals surface area contributed by atoms with Crippen LogP contribution in [0.3, 0.4) is 0 Å². The summed E-state index contributed by atoms with van der Waals surface area (Å²) in [5, 5.41) is 8.91. The minimum absolute atomic E-state index is 0.184.